The van der Waals surface area contributed by atoms with Crippen molar-refractivity contribution >= 4 is 32.9 Å². The van der Waals surface area contributed by atoms with Gasteiger partial charge in [0.2, 0.25) is 5.88 Å². The van der Waals surface area contributed by atoms with Gasteiger partial charge in [-0.2, -0.15) is 4.98 Å². The zero-order chi connectivity index (χ0) is 19.7. The summed E-state index contributed by atoms with van der Waals surface area (Å²) < 4.78 is 18.5. The smallest absolute Gasteiger partial charge is 0.337 e. The fourth-order valence-corrected chi connectivity index (χ4v) is 3.50. The number of carbonyl (C=O) groups excluding carboxylic acids is 1. The van der Waals surface area contributed by atoms with Crippen molar-refractivity contribution in [3.8, 4) is 5.88 Å². The summed E-state index contributed by atoms with van der Waals surface area (Å²) in [6.07, 6.45) is 3.23. The number of carbonyl (C=O) groups is 1. The highest BCUT2D eigenvalue weighted by Crippen LogP contribution is 2.25. The van der Waals surface area contributed by atoms with Crippen molar-refractivity contribution in [2.24, 2.45) is 0 Å². The predicted molar refractivity (Wildman–Crippen MR) is 105 cm³/mol. The summed E-state index contributed by atoms with van der Waals surface area (Å²) in [4.78, 5) is 25.5. The molecule has 3 heterocycles. The number of aromatic nitrogens is 4. The largest absolute Gasteiger partial charge is 0.480 e. The molecule has 1 fully saturated rings. The second kappa shape index (κ2) is 7.84. The molecule has 3 aromatic rings. The third kappa shape index (κ3) is 3.59. The van der Waals surface area contributed by atoms with Gasteiger partial charge < -0.3 is 18.8 Å². The van der Waals surface area contributed by atoms with E-state index in [-0.39, 0.29) is 12.1 Å². The third-order valence-electron chi connectivity index (χ3n) is 4.70. The third-order valence-corrected chi connectivity index (χ3v) is 5.24. The highest BCUT2D eigenvalue weighted by Gasteiger charge is 2.23. The zero-order valence-electron chi connectivity index (χ0n) is 15.5. The number of hydrogen-bond acceptors (Lipinski definition) is 7. The van der Waals surface area contributed by atoms with Crippen LogP contribution in [0.5, 0.6) is 5.88 Å². The lowest BCUT2D eigenvalue weighted by atomic mass is 10.1. The maximum Gasteiger partial charge on any atom is 0.337 e. The van der Waals surface area contributed by atoms with Gasteiger partial charge in [0, 0.05) is 12.8 Å². The lowest BCUT2D eigenvalue weighted by Gasteiger charge is -2.27. The van der Waals surface area contributed by atoms with Crippen LogP contribution in [0.25, 0.3) is 11.0 Å². The first-order valence-electron chi connectivity index (χ1n) is 8.83. The topological polar surface area (TPSA) is 88.4 Å². The Kier molecular flexibility index (Phi) is 5.27. The SMILES string of the molecule is COC(=O)c1ccc2nc(Cc3ncc(Br)c(OC)n3)n(CC3CCO3)c2c1. The molecule has 0 aliphatic carbocycles. The Bertz CT molecular complexity index is 1030. The lowest BCUT2D eigenvalue weighted by Crippen LogP contribution is -2.31. The van der Waals surface area contributed by atoms with Crippen LogP contribution >= 0.6 is 15.9 Å². The molecule has 146 valence electrons. The van der Waals surface area contributed by atoms with Crippen molar-refractivity contribution in [2.45, 2.75) is 25.5 Å². The van der Waals surface area contributed by atoms with Crippen molar-refractivity contribution in [1.29, 1.82) is 0 Å². The van der Waals surface area contributed by atoms with Crippen LogP contribution in [0.4, 0.5) is 0 Å². The summed E-state index contributed by atoms with van der Waals surface area (Å²) >= 11 is 3.37. The Balaban J connectivity index is 1.75. The van der Waals surface area contributed by atoms with Crippen molar-refractivity contribution < 1.29 is 19.0 Å². The molecule has 0 spiro atoms. The highest BCUT2D eigenvalue weighted by atomic mass is 79.9. The van der Waals surface area contributed by atoms with Gasteiger partial charge in [0.15, 0.2) is 0 Å². The van der Waals surface area contributed by atoms with E-state index in [9.17, 15) is 4.79 Å². The molecule has 1 saturated heterocycles. The molecule has 4 rings (SSSR count). The fraction of sp³-hybridized carbons (Fsp3) is 0.368. The average Bonchev–Trinajstić information content (AvgIpc) is 3.01. The van der Waals surface area contributed by atoms with Crippen LogP contribution in [-0.2, 0) is 22.4 Å². The quantitative estimate of drug-likeness (QED) is 0.537. The molecular weight excluding hydrogens is 428 g/mol. The van der Waals surface area contributed by atoms with Crippen LogP contribution < -0.4 is 4.74 Å². The van der Waals surface area contributed by atoms with E-state index in [0.717, 1.165) is 29.9 Å². The molecule has 28 heavy (non-hydrogen) atoms. The van der Waals surface area contributed by atoms with Crippen LogP contribution in [0.15, 0.2) is 28.9 Å². The van der Waals surface area contributed by atoms with Crippen molar-refractivity contribution in [2.75, 3.05) is 20.8 Å². The van der Waals surface area contributed by atoms with E-state index in [4.69, 9.17) is 19.2 Å². The Labute approximate surface area is 170 Å². The number of rotatable bonds is 6. The van der Waals surface area contributed by atoms with Crippen LogP contribution in [0, 0.1) is 0 Å². The van der Waals surface area contributed by atoms with E-state index >= 15 is 0 Å². The minimum absolute atomic E-state index is 0.137. The number of halogens is 1. The molecule has 1 aromatic carbocycles. The summed E-state index contributed by atoms with van der Waals surface area (Å²) in [5.74, 6) is 1.50. The molecule has 0 bridgehead atoms. The minimum atomic E-state index is -0.378. The van der Waals surface area contributed by atoms with Crippen molar-refractivity contribution in [3.05, 3.63) is 46.1 Å². The Morgan fingerprint density at radius 3 is 2.86 bits per heavy atom. The summed E-state index contributed by atoms with van der Waals surface area (Å²) in [5, 5.41) is 0. The van der Waals surface area contributed by atoms with Crippen LogP contribution in [0.3, 0.4) is 0 Å². The van der Waals surface area contributed by atoms with Gasteiger partial charge >= 0.3 is 5.97 Å². The number of fused-ring (bicyclic) bond motifs is 1. The number of esters is 1. The molecular formula is C19H19BrN4O4. The number of ether oxygens (including phenoxy) is 3. The molecule has 1 unspecified atom stereocenters. The van der Waals surface area contributed by atoms with Gasteiger partial charge in [0.25, 0.3) is 0 Å². The Hall–Kier alpha value is -2.52. The first-order valence-corrected chi connectivity index (χ1v) is 9.63. The molecule has 1 atom stereocenters. The normalized spacial score (nSPS) is 16.0. The first kappa shape index (κ1) is 18.8. The van der Waals surface area contributed by atoms with E-state index in [0.29, 0.717) is 34.7 Å². The number of methoxy groups -OCH3 is 2. The van der Waals surface area contributed by atoms with Gasteiger partial charge in [-0.15, -0.1) is 0 Å². The maximum atomic E-state index is 11.9. The van der Waals surface area contributed by atoms with Gasteiger partial charge in [0.05, 0.1) is 54.4 Å². The lowest BCUT2D eigenvalue weighted by molar-refractivity contribution is -0.0589. The molecule has 9 heteroatoms. The number of hydrogen-bond donors (Lipinski definition) is 0. The summed E-state index contributed by atoms with van der Waals surface area (Å²) in [7, 11) is 2.93. The van der Waals surface area contributed by atoms with Gasteiger partial charge in [-0.1, -0.05) is 0 Å². The van der Waals surface area contributed by atoms with Crippen LogP contribution in [-0.4, -0.2) is 52.4 Å². The number of nitrogens with zero attached hydrogens (tertiary/aromatic N) is 4. The molecule has 2 aromatic heterocycles. The van der Waals surface area contributed by atoms with Crippen molar-refractivity contribution in [1.82, 2.24) is 19.5 Å². The zero-order valence-corrected chi connectivity index (χ0v) is 17.1. The number of imidazole rings is 1. The molecule has 0 radical (unpaired) electrons. The standard InChI is InChI=1S/C19H19BrN4O4/c1-26-18-13(20)9-21-16(23-18)8-17-22-14-4-3-11(19(25)27-2)7-15(14)24(17)10-12-5-6-28-12/h3-4,7,9,12H,5-6,8,10H2,1-2H3. The van der Waals surface area contributed by atoms with Crippen LogP contribution in [0.1, 0.15) is 28.4 Å². The van der Waals surface area contributed by atoms with E-state index in [1.807, 2.05) is 6.07 Å². The summed E-state index contributed by atoms with van der Waals surface area (Å²) in [5.41, 5.74) is 2.14. The van der Waals surface area contributed by atoms with Gasteiger partial charge in [0.1, 0.15) is 11.6 Å². The summed E-state index contributed by atoms with van der Waals surface area (Å²) in [6.45, 7) is 1.43. The van der Waals surface area contributed by atoms with Gasteiger partial charge in [-0.05, 0) is 40.5 Å². The number of benzene rings is 1. The van der Waals surface area contributed by atoms with Gasteiger partial charge in [-0.25, -0.2) is 14.8 Å². The van der Waals surface area contributed by atoms with E-state index < -0.39 is 0 Å². The fourth-order valence-electron chi connectivity index (χ4n) is 3.14. The first-order chi connectivity index (χ1) is 13.6. The minimum Gasteiger partial charge on any atom is -0.480 e. The Morgan fingerprint density at radius 2 is 2.18 bits per heavy atom. The molecule has 0 saturated carbocycles. The summed E-state index contributed by atoms with van der Waals surface area (Å²) in [6, 6.07) is 5.35. The predicted octanol–water partition coefficient (Wildman–Crippen LogP) is 2.76. The maximum absolute atomic E-state index is 11.9. The Morgan fingerprint density at radius 1 is 1.36 bits per heavy atom. The van der Waals surface area contributed by atoms with Crippen molar-refractivity contribution in [3.63, 3.8) is 0 Å². The molecule has 1 aliphatic heterocycles. The van der Waals surface area contributed by atoms with Gasteiger partial charge in [-0.3, -0.25) is 0 Å². The van der Waals surface area contributed by atoms with E-state index in [1.54, 1.807) is 25.4 Å². The highest BCUT2D eigenvalue weighted by molar-refractivity contribution is 9.10. The van der Waals surface area contributed by atoms with E-state index in [1.165, 1.54) is 7.11 Å². The van der Waals surface area contributed by atoms with E-state index in [2.05, 4.69) is 30.5 Å². The molecule has 0 N–H and O–H groups in total. The monoisotopic (exact) mass is 446 g/mol. The average molecular weight is 447 g/mol. The molecule has 1 aliphatic rings. The molecule has 8 nitrogen and oxygen atoms in total. The second-order valence-corrected chi connectivity index (χ2v) is 7.29. The molecule has 0 amide bonds. The second-order valence-electron chi connectivity index (χ2n) is 6.44. The van der Waals surface area contributed by atoms with Crippen LogP contribution in [0.2, 0.25) is 0 Å².